The molecule has 1 aromatic heterocycles. The van der Waals surface area contributed by atoms with Crippen LogP contribution in [0.1, 0.15) is 28.8 Å². The summed E-state index contributed by atoms with van der Waals surface area (Å²) in [6.45, 7) is 5.45. The van der Waals surface area contributed by atoms with Crippen LogP contribution in [0.5, 0.6) is 11.5 Å². The fourth-order valence-corrected chi connectivity index (χ4v) is 8.73. The third kappa shape index (κ3) is 9.53. The average Bonchev–Trinajstić information content (AvgIpc) is 3.26. The highest BCUT2D eigenvalue weighted by molar-refractivity contribution is 7.90. The lowest BCUT2D eigenvalue weighted by atomic mass is 9.99. The van der Waals surface area contributed by atoms with Gasteiger partial charge in [0.25, 0.3) is 21.6 Å². The molecule has 0 saturated carbocycles. The number of nitrogens with zero attached hydrogens (tertiary/aromatic N) is 4. The number of aromatic nitrogens is 1. The highest BCUT2D eigenvalue weighted by Crippen LogP contribution is 2.34. The Labute approximate surface area is 353 Å². The first-order valence-electron chi connectivity index (χ1n) is 19.7. The summed E-state index contributed by atoms with van der Waals surface area (Å²) in [6.07, 6.45) is 3.34. The van der Waals surface area contributed by atoms with Crippen LogP contribution < -0.4 is 19.7 Å². The summed E-state index contributed by atoms with van der Waals surface area (Å²) < 4.78 is 41.2. The normalized spacial score (nSPS) is 15.1. The molecule has 2 fully saturated rings. The van der Waals surface area contributed by atoms with E-state index in [2.05, 4.69) is 43.0 Å². The van der Waals surface area contributed by atoms with Gasteiger partial charge < -0.3 is 19.7 Å². The number of amides is 1. The number of nitro groups is 1. The van der Waals surface area contributed by atoms with Gasteiger partial charge in [-0.25, -0.2) is 13.1 Å². The van der Waals surface area contributed by atoms with E-state index < -0.39 is 31.4 Å². The summed E-state index contributed by atoms with van der Waals surface area (Å²) in [5, 5.41) is 16.7. The maximum atomic E-state index is 13.9. The first-order valence-corrected chi connectivity index (χ1v) is 21.6. The predicted molar refractivity (Wildman–Crippen MR) is 232 cm³/mol. The molecule has 2 aliphatic rings. The number of benzene rings is 5. The molecule has 0 radical (unpaired) electrons. The summed E-state index contributed by atoms with van der Waals surface area (Å²) in [7, 11) is -4.55. The van der Waals surface area contributed by atoms with E-state index in [1.807, 2.05) is 42.5 Å². The second kappa shape index (κ2) is 18.1. The van der Waals surface area contributed by atoms with Crippen molar-refractivity contribution in [1.82, 2.24) is 14.6 Å². The summed E-state index contributed by atoms with van der Waals surface area (Å²) in [6, 6.07) is 33.9. The Bertz CT molecular complexity index is 2630. The third-order valence-corrected chi connectivity index (χ3v) is 12.5. The molecule has 0 unspecified atom stereocenters. The number of ether oxygens (including phenoxy) is 2. The molecule has 3 heterocycles. The number of hydrogen-bond acceptors (Lipinski definition) is 11. The van der Waals surface area contributed by atoms with Crippen LogP contribution in [-0.2, 0) is 21.3 Å². The molecule has 60 heavy (non-hydrogen) atoms. The van der Waals surface area contributed by atoms with Gasteiger partial charge in [0.2, 0.25) is 0 Å². The molecule has 6 aromatic rings. The van der Waals surface area contributed by atoms with Crippen LogP contribution in [0, 0.1) is 16.0 Å². The number of piperazine rings is 1. The van der Waals surface area contributed by atoms with Crippen molar-refractivity contribution in [2.24, 2.45) is 5.92 Å². The Morgan fingerprint density at radius 3 is 2.47 bits per heavy atom. The SMILES string of the molecule is O=C(NS(=O)(=O)c1ccc(NCC2CCOCC2)c([N+](=O)[O-])c1)c1ccc(N2CCN(Cc3ccccc3-c3ccc(Cl)cc3)CC2)cc1Oc1ccc2ncccc2c1. The van der Waals surface area contributed by atoms with Crippen molar-refractivity contribution in [3.63, 3.8) is 0 Å². The molecule has 0 spiro atoms. The second-order valence-corrected chi connectivity index (χ2v) is 17.0. The number of carbonyl (C=O) groups excluding carboxylic acids is 1. The van der Waals surface area contributed by atoms with E-state index in [0.717, 1.165) is 66.3 Å². The Kier molecular flexibility index (Phi) is 12.2. The Balaban J connectivity index is 1.01. The number of hydrogen-bond donors (Lipinski definition) is 2. The number of sulfonamides is 1. The Hall–Kier alpha value is -6.06. The molecule has 15 heteroatoms. The van der Waals surface area contributed by atoms with Crippen LogP contribution in [0.25, 0.3) is 22.0 Å². The number of carbonyl (C=O) groups is 1. The maximum Gasteiger partial charge on any atom is 0.293 e. The number of fused-ring (bicyclic) bond motifs is 1. The first-order chi connectivity index (χ1) is 29.1. The molecule has 308 valence electrons. The lowest BCUT2D eigenvalue weighted by molar-refractivity contribution is -0.384. The largest absolute Gasteiger partial charge is 0.456 e. The average molecular weight is 847 g/mol. The molecule has 0 atom stereocenters. The van der Waals surface area contributed by atoms with Gasteiger partial charge in [-0.3, -0.25) is 24.8 Å². The fourth-order valence-electron chi connectivity index (χ4n) is 7.62. The van der Waals surface area contributed by atoms with Crippen LogP contribution in [0.15, 0.2) is 126 Å². The Morgan fingerprint density at radius 1 is 0.900 bits per heavy atom. The third-order valence-electron chi connectivity index (χ3n) is 10.9. The Morgan fingerprint density at radius 2 is 1.68 bits per heavy atom. The quantitative estimate of drug-likeness (QED) is 0.0849. The van der Waals surface area contributed by atoms with E-state index in [1.165, 1.54) is 17.7 Å². The van der Waals surface area contributed by atoms with Gasteiger partial charge in [0, 0.05) is 86.9 Å². The standard InChI is InChI=1S/C45H43ClN6O7S/c46-35-9-7-32(8-10-35)39-6-2-1-4-34(39)30-50-20-22-51(23-21-50)36-11-14-40(44(27-36)59-37-12-15-41-33(26-37)5-3-19-47-41)45(53)49-60(56,57)38-13-16-42(43(28-38)52(54)55)48-29-31-17-24-58-25-18-31/h1-16,19,26-28,31,48H,17-18,20-25,29-30H2,(H,49,53). The number of pyridine rings is 1. The molecule has 2 aliphatic heterocycles. The van der Waals surface area contributed by atoms with Gasteiger partial charge in [-0.1, -0.05) is 54.1 Å². The lowest BCUT2D eigenvalue weighted by Crippen LogP contribution is -2.46. The van der Waals surface area contributed by atoms with Crippen LogP contribution >= 0.6 is 11.6 Å². The van der Waals surface area contributed by atoms with E-state index in [1.54, 1.807) is 42.6 Å². The minimum Gasteiger partial charge on any atom is -0.456 e. The van der Waals surface area contributed by atoms with Crippen molar-refractivity contribution in [3.8, 4) is 22.6 Å². The molecule has 2 saturated heterocycles. The topological polar surface area (TPSA) is 156 Å². The smallest absolute Gasteiger partial charge is 0.293 e. The van der Waals surface area contributed by atoms with Gasteiger partial charge in [0.1, 0.15) is 17.2 Å². The number of halogens is 1. The molecule has 0 aliphatic carbocycles. The van der Waals surface area contributed by atoms with Crippen LogP contribution in [-0.4, -0.2) is 75.1 Å². The summed E-state index contributed by atoms with van der Waals surface area (Å²) >= 11 is 6.16. The monoisotopic (exact) mass is 846 g/mol. The van der Waals surface area contributed by atoms with Crippen molar-refractivity contribution in [2.75, 3.05) is 56.2 Å². The van der Waals surface area contributed by atoms with E-state index >= 15 is 0 Å². The van der Waals surface area contributed by atoms with Crippen molar-refractivity contribution in [2.45, 2.75) is 24.3 Å². The van der Waals surface area contributed by atoms with Crippen LogP contribution in [0.3, 0.4) is 0 Å². The number of nitro benzene ring substituents is 1. The van der Waals surface area contributed by atoms with Gasteiger partial charge >= 0.3 is 0 Å². The van der Waals surface area contributed by atoms with Crippen molar-refractivity contribution >= 4 is 55.5 Å². The lowest BCUT2D eigenvalue weighted by Gasteiger charge is -2.36. The molecular formula is C45H43ClN6O7S. The molecule has 5 aromatic carbocycles. The molecule has 2 N–H and O–H groups in total. The highest BCUT2D eigenvalue weighted by atomic mass is 35.5. The first kappa shape index (κ1) is 40.7. The van der Waals surface area contributed by atoms with Crippen molar-refractivity contribution < 1.29 is 27.6 Å². The zero-order valence-corrected chi connectivity index (χ0v) is 34.2. The molecule has 8 rings (SSSR count). The predicted octanol–water partition coefficient (Wildman–Crippen LogP) is 8.54. The second-order valence-electron chi connectivity index (χ2n) is 14.9. The minimum atomic E-state index is -4.55. The van der Waals surface area contributed by atoms with Gasteiger partial charge in [0.15, 0.2) is 0 Å². The summed E-state index contributed by atoms with van der Waals surface area (Å²) in [5.41, 5.74) is 4.78. The van der Waals surface area contributed by atoms with Crippen molar-refractivity contribution in [1.29, 1.82) is 0 Å². The number of nitrogens with one attached hydrogen (secondary N) is 2. The fraction of sp³-hybridized carbons (Fsp3) is 0.244. The molecule has 1 amide bonds. The van der Waals surface area contributed by atoms with E-state index in [4.69, 9.17) is 21.1 Å². The maximum absolute atomic E-state index is 13.9. The van der Waals surface area contributed by atoms with Crippen molar-refractivity contribution in [3.05, 3.63) is 148 Å². The van der Waals surface area contributed by atoms with Crippen LogP contribution in [0.2, 0.25) is 5.02 Å². The number of rotatable bonds is 13. The summed E-state index contributed by atoms with van der Waals surface area (Å²) in [5.74, 6) is -0.114. The van der Waals surface area contributed by atoms with Gasteiger partial charge in [0.05, 0.1) is 20.9 Å². The zero-order chi connectivity index (χ0) is 41.6. The van der Waals surface area contributed by atoms with Gasteiger partial charge in [-0.05, 0) is 96.1 Å². The van der Waals surface area contributed by atoms with E-state index in [9.17, 15) is 23.3 Å². The highest BCUT2D eigenvalue weighted by Gasteiger charge is 2.27. The van der Waals surface area contributed by atoms with Gasteiger partial charge in [-0.2, -0.15) is 0 Å². The molecule has 13 nitrogen and oxygen atoms in total. The zero-order valence-electron chi connectivity index (χ0n) is 32.6. The molecular weight excluding hydrogens is 804 g/mol. The molecule has 0 bridgehead atoms. The van der Waals surface area contributed by atoms with E-state index in [0.29, 0.717) is 43.6 Å². The minimum absolute atomic E-state index is 0.0321. The number of anilines is 2. The van der Waals surface area contributed by atoms with Gasteiger partial charge in [-0.15, -0.1) is 0 Å². The summed E-state index contributed by atoms with van der Waals surface area (Å²) in [4.78, 5) is 33.9. The van der Waals surface area contributed by atoms with E-state index in [-0.39, 0.29) is 22.9 Å². The van der Waals surface area contributed by atoms with Crippen LogP contribution in [0.4, 0.5) is 17.1 Å².